The molecule has 0 saturated heterocycles. The van der Waals surface area contributed by atoms with Gasteiger partial charge in [0.05, 0.1) is 19.2 Å². The van der Waals surface area contributed by atoms with E-state index in [-0.39, 0.29) is 0 Å². The van der Waals surface area contributed by atoms with Crippen molar-refractivity contribution in [2.45, 2.75) is 45.2 Å². The Bertz CT molecular complexity index is 450. The lowest BCUT2D eigenvalue weighted by Gasteiger charge is -2.30. The lowest BCUT2D eigenvalue weighted by molar-refractivity contribution is 0.279. The molecule has 0 heterocycles. The summed E-state index contributed by atoms with van der Waals surface area (Å²) in [5.41, 5.74) is 1.06. The number of halogens is 1. The first kappa shape index (κ1) is 15.5. The number of rotatable bonds is 5. The van der Waals surface area contributed by atoms with Crippen molar-refractivity contribution < 1.29 is 9.47 Å². The molecule has 1 aromatic carbocycles. The molecule has 0 aromatic heterocycles. The Kier molecular flexibility index (Phi) is 5.55. The van der Waals surface area contributed by atoms with Gasteiger partial charge in [-0.1, -0.05) is 37.4 Å². The van der Waals surface area contributed by atoms with E-state index in [2.05, 4.69) is 12.2 Å². The van der Waals surface area contributed by atoms with E-state index in [0.717, 1.165) is 18.0 Å². The van der Waals surface area contributed by atoms with Crippen molar-refractivity contribution in [1.82, 2.24) is 5.32 Å². The molecule has 1 aromatic rings. The van der Waals surface area contributed by atoms with E-state index in [0.29, 0.717) is 22.6 Å². The maximum Gasteiger partial charge on any atom is 0.179 e. The van der Waals surface area contributed by atoms with Crippen molar-refractivity contribution in [3.63, 3.8) is 0 Å². The third kappa shape index (κ3) is 3.39. The van der Waals surface area contributed by atoms with E-state index in [4.69, 9.17) is 21.1 Å². The van der Waals surface area contributed by atoms with Crippen molar-refractivity contribution in [3.05, 3.63) is 22.7 Å². The summed E-state index contributed by atoms with van der Waals surface area (Å²) in [7, 11) is 3.24. The first-order valence-electron chi connectivity index (χ1n) is 7.30. The summed E-state index contributed by atoms with van der Waals surface area (Å²) in [6.07, 6.45) is 5.25. The minimum atomic E-state index is 0.591. The number of hydrogen-bond acceptors (Lipinski definition) is 3. The zero-order valence-corrected chi connectivity index (χ0v) is 13.3. The number of benzene rings is 1. The zero-order valence-electron chi connectivity index (χ0n) is 12.5. The van der Waals surface area contributed by atoms with Crippen LogP contribution < -0.4 is 14.8 Å². The monoisotopic (exact) mass is 297 g/mol. The summed E-state index contributed by atoms with van der Waals surface area (Å²) in [5.74, 6) is 2.03. The molecule has 0 spiro atoms. The second-order valence-electron chi connectivity index (χ2n) is 5.52. The molecule has 0 aliphatic heterocycles. The average Bonchev–Trinajstić information content (AvgIpc) is 2.47. The van der Waals surface area contributed by atoms with E-state index in [9.17, 15) is 0 Å². The molecule has 2 rings (SSSR count). The fourth-order valence-electron chi connectivity index (χ4n) is 2.93. The van der Waals surface area contributed by atoms with Gasteiger partial charge < -0.3 is 14.8 Å². The van der Waals surface area contributed by atoms with E-state index >= 15 is 0 Å². The summed E-state index contributed by atoms with van der Waals surface area (Å²) >= 11 is 6.40. The van der Waals surface area contributed by atoms with Crippen LogP contribution in [-0.4, -0.2) is 20.3 Å². The fourth-order valence-corrected chi connectivity index (χ4v) is 3.23. The highest BCUT2D eigenvalue weighted by Crippen LogP contribution is 2.37. The molecular formula is C16H24ClNO2. The highest BCUT2D eigenvalue weighted by atomic mass is 35.5. The molecule has 4 heteroatoms. The van der Waals surface area contributed by atoms with E-state index in [1.165, 1.54) is 25.7 Å². The van der Waals surface area contributed by atoms with Gasteiger partial charge in [0, 0.05) is 12.6 Å². The van der Waals surface area contributed by atoms with Crippen LogP contribution >= 0.6 is 11.6 Å². The van der Waals surface area contributed by atoms with Crippen LogP contribution in [0.1, 0.15) is 38.2 Å². The summed E-state index contributed by atoms with van der Waals surface area (Å²) in [6.45, 7) is 3.10. The maximum absolute atomic E-state index is 6.40. The van der Waals surface area contributed by atoms with Gasteiger partial charge in [-0.25, -0.2) is 0 Å². The van der Waals surface area contributed by atoms with Crippen LogP contribution in [-0.2, 0) is 6.54 Å². The summed E-state index contributed by atoms with van der Waals surface area (Å²) in [4.78, 5) is 0. The van der Waals surface area contributed by atoms with Crippen LogP contribution in [0.2, 0.25) is 5.02 Å². The number of nitrogens with one attached hydrogen (secondary N) is 1. The van der Waals surface area contributed by atoms with E-state index in [1.807, 2.05) is 12.1 Å². The number of ether oxygens (including phenoxy) is 2. The molecule has 20 heavy (non-hydrogen) atoms. The molecule has 1 aliphatic carbocycles. The highest BCUT2D eigenvalue weighted by Gasteiger charge is 2.21. The van der Waals surface area contributed by atoms with E-state index in [1.54, 1.807) is 14.2 Å². The second kappa shape index (κ2) is 7.19. The van der Waals surface area contributed by atoms with Gasteiger partial charge >= 0.3 is 0 Å². The highest BCUT2D eigenvalue weighted by molar-refractivity contribution is 6.33. The van der Waals surface area contributed by atoms with Crippen molar-refractivity contribution in [2.24, 2.45) is 5.92 Å². The SMILES string of the molecule is COc1ccc(CNC2CCCCC2C)c(Cl)c1OC. The molecule has 2 unspecified atom stereocenters. The largest absolute Gasteiger partial charge is 0.493 e. The molecule has 0 bridgehead atoms. The Labute approximate surface area is 126 Å². The molecular weight excluding hydrogens is 274 g/mol. The second-order valence-corrected chi connectivity index (χ2v) is 5.90. The third-order valence-corrected chi connectivity index (χ3v) is 4.65. The fraction of sp³-hybridized carbons (Fsp3) is 0.625. The molecule has 0 radical (unpaired) electrons. The standard InChI is InChI=1S/C16H24ClNO2/c1-11-6-4-5-7-13(11)18-10-12-8-9-14(19-2)16(20-3)15(12)17/h8-9,11,13,18H,4-7,10H2,1-3H3. The molecule has 1 N–H and O–H groups in total. The van der Waals surface area contributed by atoms with Gasteiger partial charge in [-0.15, -0.1) is 0 Å². The summed E-state index contributed by atoms with van der Waals surface area (Å²) < 4.78 is 10.6. The molecule has 1 aliphatic rings. The van der Waals surface area contributed by atoms with Gasteiger partial charge in [-0.3, -0.25) is 0 Å². The van der Waals surface area contributed by atoms with Crippen molar-refractivity contribution >= 4 is 11.6 Å². The van der Waals surface area contributed by atoms with Crippen LogP contribution in [0.25, 0.3) is 0 Å². The smallest absolute Gasteiger partial charge is 0.179 e. The van der Waals surface area contributed by atoms with Gasteiger partial charge in [0.25, 0.3) is 0 Å². The summed E-state index contributed by atoms with van der Waals surface area (Å²) in [5, 5.41) is 4.28. The molecule has 0 amide bonds. The average molecular weight is 298 g/mol. The van der Waals surface area contributed by atoms with Crippen LogP contribution in [0.5, 0.6) is 11.5 Å². The van der Waals surface area contributed by atoms with Crippen molar-refractivity contribution in [2.75, 3.05) is 14.2 Å². The van der Waals surface area contributed by atoms with Crippen molar-refractivity contribution in [1.29, 1.82) is 0 Å². The Morgan fingerprint density at radius 1 is 1.20 bits per heavy atom. The molecule has 112 valence electrons. The van der Waals surface area contributed by atoms with Crippen LogP contribution in [0.3, 0.4) is 0 Å². The Morgan fingerprint density at radius 3 is 2.60 bits per heavy atom. The van der Waals surface area contributed by atoms with Gasteiger partial charge in [0.2, 0.25) is 0 Å². The maximum atomic E-state index is 6.40. The Balaban J connectivity index is 2.06. The molecule has 1 saturated carbocycles. The lowest BCUT2D eigenvalue weighted by atomic mass is 9.86. The molecule has 2 atom stereocenters. The molecule has 1 fully saturated rings. The van der Waals surface area contributed by atoms with Crippen LogP contribution in [0.4, 0.5) is 0 Å². The quantitative estimate of drug-likeness (QED) is 0.890. The Hall–Kier alpha value is -0.930. The number of hydrogen-bond donors (Lipinski definition) is 1. The third-order valence-electron chi connectivity index (χ3n) is 4.23. The number of methoxy groups -OCH3 is 2. The first-order chi connectivity index (χ1) is 9.67. The van der Waals surface area contributed by atoms with E-state index < -0.39 is 0 Å². The minimum absolute atomic E-state index is 0.591. The van der Waals surface area contributed by atoms with Gasteiger partial charge in [0.1, 0.15) is 0 Å². The van der Waals surface area contributed by atoms with Crippen LogP contribution in [0, 0.1) is 5.92 Å². The van der Waals surface area contributed by atoms with Gasteiger partial charge in [-0.05, 0) is 30.4 Å². The van der Waals surface area contributed by atoms with Gasteiger partial charge in [0.15, 0.2) is 11.5 Å². The summed E-state index contributed by atoms with van der Waals surface area (Å²) in [6, 6.07) is 4.50. The Morgan fingerprint density at radius 2 is 1.95 bits per heavy atom. The first-order valence-corrected chi connectivity index (χ1v) is 7.68. The minimum Gasteiger partial charge on any atom is -0.493 e. The topological polar surface area (TPSA) is 30.5 Å². The molecule has 3 nitrogen and oxygen atoms in total. The predicted molar refractivity (Wildman–Crippen MR) is 82.8 cm³/mol. The van der Waals surface area contributed by atoms with Crippen molar-refractivity contribution in [3.8, 4) is 11.5 Å². The normalized spacial score (nSPS) is 22.6. The lowest BCUT2D eigenvalue weighted by Crippen LogP contribution is -2.36. The van der Waals surface area contributed by atoms with Gasteiger partial charge in [-0.2, -0.15) is 0 Å². The zero-order chi connectivity index (χ0) is 14.5. The predicted octanol–water partition coefficient (Wildman–Crippen LogP) is 4.03. The van der Waals surface area contributed by atoms with Crippen LogP contribution in [0.15, 0.2) is 12.1 Å².